The van der Waals surface area contributed by atoms with Gasteiger partial charge in [0.1, 0.15) is 0 Å². The number of ether oxygens (including phenoxy) is 1. The van der Waals surface area contributed by atoms with E-state index < -0.39 is 15.3 Å². The Balaban J connectivity index is 1.45. The first-order valence-electron chi connectivity index (χ1n) is 9.28. The maximum absolute atomic E-state index is 12.8. The summed E-state index contributed by atoms with van der Waals surface area (Å²) in [7, 11) is -1.72. The molecule has 8 heteroatoms. The molecule has 0 saturated heterocycles. The Morgan fingerprint density at radius 3 is 2.64 bits per heavy atom. The summed E-state index contributed by atoms with van der Waals surface area (Å²) in [5.74, 6) is 0.170. The van der Waals surface area contributed by atoms with Gasteiger partial charge in [0.15, 0.2) is 0 Å². The summed E-state index contributed by atoms with van der Waals surface area (Å²) in [6, 6.07) is 0.254. The molecule has 0 aromatic rings. The van der Waals surface area contributed by atoms with Crippen LogP contribution in [0.3, 0.4) is 0 Å². The van der Waals surface area contributed by atoms with Crippen molar-refractivity contribution in [3.63, 3.8) is 0 Å². The normalized spacial score (nSPS) is 34.3. The smallest absolute Gasteiger partial charge is 0.294 e. The van der Waals surface area contributed by atoms with Gasteiger partial charge in [-0.25, -0.2) is 18.1 Å². The molecule has 0 spiro atoms. The average molecular weight is 369 g/mol. The van der Waals surface area contributed by atoms with E-state index in [1.807, 2.05) is 6.92 Å². The average Bonchev–Trinajstić information content (AvgIpc) is 3.47. The highest BCUT2D eigenvalue weighted by molar-refractivity contribution is 7.90. The molecule has 3 saturated carbocycles. The molecule has 25 heavy (non-hydrogen) atoms. The van der Waals surface area contributed by atoms with E-state index in [2.05, 4.69) is 9.71 Å². The summed E-state index contributed by atoms with van der Waals surface area (Å²) in [4.78, 5) is 18.8. The van der Waals surface area contributed by atoms with Gasteiger partial charge < -0.3 is 4.74 Å². The van der Waals surface area contributed by atoms with Crippen LogP contribution in [0.1, 0.15) is 51.9 Å². The van der Waals surface area contributed by atoms with Gasteiger partial charge >= 0.3 is 0 Å². The number of rotatable bonds is 5. The molecule has 4 aliphatic rings. The van der Waals surface area contributed by atoms with E-state index in [0.29, 0.717) is 37.8 Å². The predicted molar refractivity (Wildman–Crippen MR) is 93.5 cm³/mol. The largest absolute Gasteiger partial charge is 0.465 e. The SMILES string of the molecule is CN1C(=O)C2CC(S(=O)(=O)NC3(C)CC3)CCC2N=C1OCC1CC1. The van der Waals surface area contributed by atoms with Crippen LogP contribution in [0.4, 0.5) is 0 Å². The number of hydrogen-bond acceptors (Lipinski definition) is 5. The summed E-state index contributed by atoms with van der Waals surface area (Å²) < 4.78 is 33.9. The fraction of sp³-hybridized carbons (Fsp3) is 0.882. The Labute approximate surface area is 149 Å². The molecule has 1 aliphatic heterocycles. The lowest BCUT2D eigenvalue weighted by Crippen LogP contribution is -2.53. The maximum atomic E-state index is 12.8. The second kappa shape index (κ2) is 5.94. The molecule has 1 amide bonds. The number of carbonyl (C=O) groups excluding carboxylic acids is 1. The zero-order chi connectivity index (χ0) is 17.8. The van der Waals surface area contributed by atoms with Crippen LogP contribution in [0.2, 0.25) is 0 Å². The number of fused-ring (bicyclic) bond motifs is 1. The van der Waals surface area contributed by atoms with Crippen molar-refractivity contribution < 1.29 is 17.9 Å². The van der Waals surface area contributed by atoms with Crippen molar-refractivity contribution in [2.75, 3.05) is 13.7 Å². The predicted octanol–water partition coefficient (Wildman–Crippen LogP) is 1.25. The molecule has 4 rings (SSSR count). The molecular weight excluding hydrogens is 342 g/mol. The van der Waals surface area contributed by atoms with Crippen LogP contribution in [0.5, 0.6) is 0 Å². The fourth-order valence-electron chi connectivity index (χ4n) is 3.72. The molecule has 1 N–H and O–H groups in total. The van der Waals surface area contributed by atoms with Gasteiger partial charge in [-0.3, -0.25) is 9.69 Å². The lowest BCUT2D eigenvalue weighted by molar-refractivity contribution is -0.134. The molecule has 0 bridgehead atoms. The van der Waals surface area contributed by atoms with E-state index in [1.165, 1.54) is 17.7 Å². The Morgan fingerprint density at radius 2 is 2.00 bits per heavy atom. The van der Waals surface area contributed by atoms with Crippen LogP contribution in [0.25, 0.3) is 0 Å². The van der Waals surface area contributed by atoms with Crippen molar-refractivity contribution in [2.45, 2.75) is 68.7 Å². The zero-order valence-corrected chi connectivity index (χ0v) is 15.7. The van der Waals surface area contributed by atoms with E-state index in [9.17, 15) is 13.2 Å². The van der Waals surface area contributed by atoms with Gasteiger partial charge in [-0.2, -0.15) is 0 Å². The van der Waals surface area contributed by atoms with Gasteiger partial charge in [-0.05, 0) is 57.8 Å². The molecule has 3 atom stereocenters. The molecule has 3 aliphatic carbocycles. The Kier molecular flexibility index (Phi) is 4.11. The first-order chi connectivity index (χ1) is 11.8. The van der Waals surface area contributed by atoms with Crippen LogP contribution in [-0.2, 0) is 19.6 Å². The number of nitrogens with zero attached hydrogens (tertiary/aromatic N) is 2. The maximum Gasteiger partial charge on any atom is 0.294 e. The van der Waals surface area contributed by atoms with Gasteiger partial charge in [0, 0.05) is 12.6 Å². The minimum Gasteiger partial charge on any atom is -0.465 e. The second-order valence-corrected chi connectivity index (χ2v) is 10.3. The highest BCUT2D eigenvalue weighted by Gasteiger charge is 2.48. The van der Waals surface area contributed by atoms with Crippen molar-refractivity contribution in [1.82, 2.24) is 9.62 Å². The molecular formula is C17H27N3O4S. The Morgan fingerprint density at radius 1 is 1.28 bits per heavy atom. The number of nitrogens with one attached hydrogen (secondary N) is 1. The van der Waals surface area contributed by atoms with E-state index in [0.717, 1.165) is 12.8 Å². The van der Waals surface area contributed by atoms with Gasteiger partial charge in [0.25, 0.3) is 6.02 Å². The molecule has 0 radical (unpaired) electrons. The van der Waals surface area contributed by atoms with Crippen molar-refractivity contribution in [1.29, 1.82) is 0 Å². The lowest BCUT2D eigenvalue weighted by atomic mass is 9.83. The monoisotopic (exact) mass is 369 g/mol. The van der Waals surface area contributed by atoms with E-state index in [1.54, 1.807) is 7.05 Å². The van der Waals surface area contributed by atoms with E-state index in [-0.39, 0.29) is 23.4 Å². The summed E-state index contributed by atoms with van der Waals surface area (Å²) in [6.07, 6.45) is 5.65. The Bertz CT molecular complexity index is 697. The summed E-state index contributed by atoms with van der Waals surface area (Å²) in [5.41, 5.74) is -0.273. The number of hydrogen-bond donors (Lipinski definition) is 1. The molecule has 1 heterocycles. The molecule has 7 nitrogen and oxygen atoms in total. The van der Waals surface area contributed by atoms with Crippen molar-refractivity contribution in [2.24, 2.45) is 16.8 Å². The third-order valence-electron chi connectivity index (χ3n) is 5.95. The Hall–Kier alpha value is -1.15. The van der Waals surface area contributed by atoms with E-state index in [4.69, 9.17) is 4.74 Å². The van der Waals surface area contributed by atoms with Crippen molar-refractivity contribution in [3.8, 4) is 0 Å². The molecule has 3 fully saturated rings. The third kappa shape index (κ3) is 3.56. The fourth-order valence-corrected chi connectivity index (χ4v) is 5.68. The lowest BCUT2D eigenvalue weighted by Gasteiger charge is -2.39. The topological polar surface area (TPSA) is 88.1 Å². The third-order valence-corrected chi connectivity index (χ3v) is 8.03. The molecule has 3 unspecified atom stereocenters. The minimum atomic E-state index is -3.40. The van der Waals surface area contributed by atoms with E-state index >= 15 is 0 Å². The zero-order valence-electron chi connectivity index (χ0n) is 14.9. The number of sulfonamides is 1. The van der Waals surface area contributed by atoms with Crippen LogP contribution in [0.15, 0.2) is 4.99 Å². The summed E-state index contributed by atoms with van der Waals surface area (Å²) in [6.45, 7) is 2.55. The van der Waals surface area contributed by atoms with Gasteiger partial charge in [0.05, 0.1) is 23.8 Å². The van der Waals surface area contributed by atoms with Crippen molar-refractivity contribution in [3.05, 3.63) is 0 Å². The van der Waals surface area contributed by atoms with Gasteiger partial charge in [-0.1, -0.05) is 0 Å². The highest BCUT2D eigenvalue weighted by atomic mass is 32.2. The molecule has 140 valence electrons. The first-order valence-corrected chi connectivity index (χ1v) is 10.8. The highest BCUT2D eigenvalue weighted by Crippen LogP contribution is 2.39. The van der Waals surface area contributed by atoms with Gasteiger partial charge in [-0.15, -0.1) is 0 Å². The standard InChI is InChI=1S/C17H27N3O4S/c1-17(7-8-17)19-25(22,23)12-5-6-14-13(9-12)15(21)20(2)16(18-14)24-10-11-3-4-11/h11-14,19H,3-10H2,1-2H3. The minimum absolute atomic E-state index is 0.0664. The second-order valence-electron chi connectivity index (χ2n) is 8.38. The number of amides is 1. The quantitative estimate of drug-likeness (QED) is 0.790. The molecule has 0 aromatic heterocycles. The van der Waals surface area contributed by atoms with Crippen LogP contribution >= 0.6 is 0 Å². The van der Waals surface area contributed by atoms with Crippen LogP contribution in [-0.4, -0.2) is 55.7 Å². The van der Waals surface area contributed by atoms with Gasteiger partial charge in [0.2, 0.25) is 15.9 Å². The van der Waals surface area contributed by atoms with Crippen molar-refractivity contribution >= 4 is 22.0 Å². The van der Waals surface area contributed by atoms with Crippen LogP contribution in [0, 0.1) is 11.8 Å². The first kappa shape index (κ1) is 17.3. The summed E-state index contributed by atoms with van der Waals surface area (Å²) in [5, 5.41) is -0.507. The number of carbonyl (C=O) groups is 1. The number of aliphatic imine (C=N–C) groups is 1. The summed E-state index contributed by atoms with van der Waals surface area (Å²) >= 11 is 0. The van der Waals surface area contributed by atoms with Crippen LogP contribution < -0.4 is 4.72 Å². The molecule has 0 aromatic carbocycles. The number of amidine groups is 1.